The van der Waals surface area contributed by atoms with Gasteiger partial charge in [-0.3, -0.25) is 0 Å². The molecule has 0 aromatic carbocycles. The first-order chi connectivity index (χ1) is 8.78. The van der Waals surface area contributed by atoms with Crippen molar-refractivity contribution in [2.45, 2.75) is 45.7 Å². The van der Waals surface area contributed by atoms with Gasteiger partial charge < -0.3 is 10.2 Å². The largest absolute Gasteiger partial charge is 0.312 e. The Hall–Kier alpha value is -0.380. The summed E-state index contributed by atoms with van der Waals surface area (Å²) in [5.41, 5.74) is 0. The number of rotatable bonds is 7. The highest BCUT2D eigenvalue weighted by Gasteiger charge is 2.17. The molecule has 0 radical (unpaired) electrons. The molecule has 1 aliphatic rings. The fourth-order valence-electron chi connectivity index (χ4n) is 2.81. The number of nitrogens with one attached hydrogen (secondary N) is 1. The van der Waals surface area contributed by atoms with E-state index in [-0.39, 0.29) is 0 Å². The second-order valence-electron chi connectivity index (χ2n) is 5.50. The van der Waals surface area contributed by atoms with E-state index >= 15 is 0 Å². The van der Waals surface area contributed by atoms with Crippen LogP contribution in [0, 0.1) is 5.92 Å². The number of thiophene rings is 1. The van der Waals surface area contributed by atoms with Gasteiger partial charge in [-0.2, -0.15) is 0 Å². The molecule has 2 rings (SSSR count). The predicted molar refractivity (Wildman–Crippen MR) is 80.0 cm³/mol. The Balaban J connectivity index is 1.75. The molecular formula is C15H26N2S. The van der Waals surface area contributed by atoms with E-state index in [4.69, 9.17) is 0 Å². The maximum atomic E-state index is 3.39. The molecule has 0 atom stereocenters. The van der Waals surface area contributed by atoms with Crippen molar-refractivity contribution in [3.05, 3.63) is 21.9 Å². The summed E-state index contributed by atoms with van der Waals surface area (Å²) in [5, 5.41) is 3.39. The summed E-state index contributed by atoms with van der Waals surface area (Å²) in [7, 11) is 2.27. The van der Waals surface area contributed by atoms with Crippen LogP contribution in [0.3, 0.4) is 0 Å². The summed E-state index contributed by atoms with van der Waals surface area (Å²) in [4.78, 5) is 5.46. The Morgan fingerprint density at radius 1 is 1.28 bits per heavy atom. The highest BCUT2D eigenvalue weighted by molar-refractivity contribution is 7.11. The SMILES string of the molecule is CCNCc1ccc(CN(C)CC2CCCC2)s1. The molecule has 0 saturated heterocycles. The minimum atomic E-state index is 0.955. The lowest BCUT2D eigenvalue weighted by molar-refractivity contribution is 0.273. The van der Waals surface area contributed by atoms with Gasteiger partial charge in [0.15, 0.2) is 0 Å². The summed E-state index contributed by atoms with van der Waals surface area (Å²) in [6.07, 6.45) is 5.79. The average molecular weight is 266 g/mol. The predicted octanol–water partition coefficient (Wildman–Crippen LogP) is 3.48. The van der Waals surface area contributed by atoms with Crippen LogP contribution in [0.1, 0.15) is 42.4 Å². The second kappa shape index (κ2) is 7.27. The zero-order valence-corrected chi connectivity index (χ0v) is 12.6. The van der Waals surface area contributed by atoms with E-state index in [2.05, 4.69) is 36.3 Å². The Kier molecular flexibility index (Phi) is 5.67. The third-order valence-corrected chi connectivity index (χ3v) is 4.81. The first-order valence-electron chi connectivity index (χ1n) is 7.24. The van der Waals surface area contributed by atoms with Crippen molar-refractivity contribution in [1.29, 1.82) is 0 Å². The van der Waals surface area contributed by atoms with E-state index in [0.717, 1.165) is 25.6 Å². The summed E-state index contributed by atoms with van der Waals surface area (Å²) < 4.78 is 0. The normalized spacial score (nSPS) is 16.8. The minimum absolute atomic E-state index is 0.955. The van der Waals surface area contributed by atoms with Gasteiger partial charge >= 0.3 is 0 Å². The maximum Gasteiger partial charge on any atom is 0.0325 e. The molecular weight excluding hydrogens is 240 g/mol. The van der Waals surface area contributed by atoms with E-state index < -0.39 is 0 Å². The molecule has 2 nitrogen and oxygen atoms in total. The van der Waals surface area contributed by atoms with Crippen LogP contribution in [0.15, 0.2) is 12.1 Å². The van der Waals surface area contributed by atoms with Crippen molar-refractivity contribution >= 4 is 11.3 Å². The van der Waals surface area contributed by atoms with Crippen molar-refractivity contribution in [2.75, 3.05) is 20.1 Å². The Labute approximate surface area is 115 Å². The van der Waals surface area contributed by atoms with Crippen molar-refractivity contribution in [3.8, 4) is 0 Å². The van der Waals surface area contributed by atoms with Crippen LogP contribution in [0.25, 0.3) is 0 Å². The van der Waals surface area contributed by atoms with Gasteiger partial charge in [0.1, 0.15) is 0 Å². The van der Waals surface area contributed by atoms with Gasteiger partial charge in [-0.25, -0.2) is 0 Å². The molecule has 1 heterocycles. The monoisotopic (exact) mass is 266 g/mol. The molecule has 102 valence electrons. The van der Waals surface area contributed by atoms with Gasteiger partial charge in [-0.05, 0) is 44.5 Å². The van der Waals surface area contributed by atoms with Gasteiger partial charge in [-0.1, -0.05) is 19.8 Å². The lowest BCUT2D eigenvalue weighted by Gasteiger charge is -2.19. The molecule has 0 amide bonds. The molecule has 1 fully saturated rings. The second-order valence-corrected chi connectivity index (χ2v) is 6.75. The van der Waals surface area contributed by atoms with Gasteiger partial charge in [0.2, 0.25) is 0 Å². The zero-order valence-electron chi connectivity index (χ0n) is 11.7. The quantitative estimate of drug-likeness (QED) is 0.813. The fraction of sp³-hybridized carbons (Fsp3) is 0.733. The van der Waals surface area contributed by atoms with Gasteiger partial charge in [0, 0.05) is 29.4 Å². The molecule has 0 spiro atoms. The van der Waals surface area contributed by atoms with Crippen molar-refractivity contribution < 1.29 is 0 Å². The number of hydrogen-bond donors (Lipinski definition) is 1. The molecule has 0 aliphatic heterocycles. The topological polar surface area (TPSA) is 15.3 Å². The standard InChI is InChI=1S/C15H26N2S/c1-3-16-10-14-8-9-15(18-14)12-17(2)11-13-6-4-5-7-13/h8-9,13,16H,3-7,10-12H2,1-2H3. The van der Waals surface area contributed by atoms with E-state index in [0.29, 0.717) is 0 Å². The molecule has 1 aromatic heterocycles. The molecule has 0 unspecified atom stereocenters. The summed E-state index contributed by atoms with van der Waals surface area (Å²) in [5.74, 6) is 0.955. The molecule has 1 N–H and O–H groups in total. The zero-order chi connectivity index (χ0) is 12.8. The molecule has 1 aliphatic carbocycles. The van der Waals surface area contributed by atoms with E-state index in [1.54, 1.807) is 0 Å². The van der Waals surface area contributed by atoms with Crippen LogP contribution in [0.2, 0.25) is 0 Å². The van der Waals surface area contributed by atoms with Crippen LogP contribution >= 0.6 is 11.3 Å². The van der Waals surface area contributed by atoms with E-state index in [9.17, 15) is 0 Å². The van der Waals surface area contributed by atoms with E-state index in [1.807, 2.05) is 11.3 Å². The third-order valence-electron chi connectivity index (χ3n) is 3.74. The lowest BCUT2D eigenvalue weighted by atomic mass is 10.1. The molecule has 1 saturated carbocycles. The van der Waals surface area contributed by atoms with Crippen LogP contribution in [-0.2, 0) is 13.1 Å². The number of hydrogen-bond acceptors (Lipinski definition) is 3. The number of nitrogens with zero attached hydrogens (tertiary/aromatic N) is 1. The molecule has 3 heteroatoms. The highest BCUT2D eigenvalue weighted by atomic mass is 32.1. The highest BCUT2D eigenvalue weighted by Crippen LogP contribution is 2.26. The van der Waals surface area contributed by atoms with Crippen LogP contribution in [0.4, 0.5) is 0 Å². The first kappa shape index (κ1) is 14.0. The average Bonchev–Trinajstić information content (AvgIpc) is 2.98. The smallest absolute Gasteiger partial charge is 0.0325 e. The summed E-state index contributed by atoms with van der Waals surface area (Å²) in [6, 6.07) is 4.56. The van der Waals surface area contributed by atoms with Gasteiger partial charge in [0.05, 0.1) is 0 Å². The van der Waals surface area contributed by atoms with E-state index in [1.165, 1.54) is 42.0 Å². The van der Waals surface area contributed by atoms with Crippen molar-refractivity contribution in [2.24, 2.45) is 5.92 Å². The lowest BCUT2D eigenvalue weighted by Crippen LogP contribution is -2.23. The Bertz CT molecular complexity index is 342. The maximum absolute atomic E-state index is 3.39. The first-order valence-corrected chi connectivity index (χ1v) is 8.06. The molecule has 0 bridgehead atoms. The van der Waals surface area contributed by atoms with Gasteiger partial charge in [0.25, 0.3) is 0 Å². The Morgan fingerprint density at radius 3 is 2.72 bits per heavy atom. The molecule has 18 heavy (non-hydrogen) atoms. The minimum Gasteiger partial charge on any atom is -0.312 e. The fourth-order valence-corrected chi connectivity index (χ4v) is 3.88. The third kappa shape index (κ3) is 4.38. The van der Waals surface area contributed by atoms with Crippen LogP contribution in [0.5, 0.6) is 0 Å². The Morgan fingerprint density at radius 2 is 2.00 bits per heavy atom. The van der Waals surface area contributed by atoms with Crippen LogP contribution in [-0.4, -0.2) is 25.0 Å². The van der Waals surface area contributed by atoms with Crippen LogP contribution < -0.4 is 5.32 Å². The van der Waals surface area contributed by atoms with Crippen molar-refractivity contribution in [3.63, 3.8) is 0 Å². The van der Waals surface area contributed by atoms with Gasteiger partial charge in [-0.15, -0.1) is 11.3 Å². The summed E-state index contributed by atoms with van der Waals surface area (Å²) >= 11 is 1.95. The van der Waals surface area contributed by atoms with Crippen molar-refractivity contribution in [1.82, 2.24) is 10.2 Å². The summed E-state index contributed by atoms with van der Waals surface area (Å²) in [6.45, 7) is 6.62. The molecule has 1 aromatic rings.